The summed E-state index contributed by atoms with van der Waals surface area (Å²) in [5, 5.41) is 9.40. The van der Waals surface area contributed by atoms with E-state index in [1.165, 1.54) is 28.0 Å². The molecule has 0 saturated carbocycles. The van der Waals surface area contributed by atoms with Crippen molar-refractivity contribution in [3.8, 4) is 5.40 Å². The molecule has 0 heterocycles. The fourth-order valence-corrected chi connectivity index (χ4v) is 4.66. The smallest absolute Gasteiger partial charge is 0.224 e. The number of rotatable bonds is 13. The average molecular weight is 899 g/mol. The van der Waals surface area contributed by atoms with E-state index in [1.54, 1.807) is 0 Å². The summed E-state index contributed by atoms with van der Waals surface area (Å²) in [5.74, 6) is -17.0. The Hall–Kier alpha value is -1.11. The van der Waals surface area contributed by atoms with Crippen LogP contribution in [0.25, 0.3) is 0 Å². The monoisotopic (exact) mass is 899 g/mol. The molecule has 0 aliphatic carbocycles. The van der Waals surface area contributed by atoms with E-state index in [9.17, 15) is 105 Å². The number of hydrogen-bond donors (Lipinski definition) is 0. The summed E-state index contributed by atoms with van der Waals surface area (Å²) >= 11 is 1.54. The number of thioether (sulfide) groups is 1. The molecule has 288 valence electrons. The van der Waals surface area contributed by atoms with Gasteiger partial charge in [0.25, 0.3) is 11.3 Å². The molecule has 0 bridgehead atoms. The molecule has 0 radical (unpaired) electrons. The molecule has 0 aromatic carbocycles. The molecule has 0 spiro atoms. The van der Waals surface area contributed by atoms with Crippen molar-refractivity contribution in [2.75, 3.05) is 10.2 Å². The first kappa shape index (κ1) is 49.0. The Kier molecular flexibility index (Phi) is 16.8. The molecule has 1 nitrogen and oxygen atoms in total. The third-order valence-electron chi connectivity index (χ3n) is 5.96. The highest BCUT2D eigenvalue weighted by Crippen LogP contribution is 2.55. The van der Waals surface area contributed by atoms with Crippen molar-refractivity contribution in [2.45, 2.75) is 98.8 Å². The molecule has 2 unspecified atom stereocenters. The summed E-state index contributed by atoms with van der Waals surface area (Å²) in [6.45, 7) is 0. The molecule has 0 fully saturated rings. The van der Waals surface area contributed by atoms with Crippen LogP contribution in [0, 0.1) is 22.5 Å². The zero-order chi connectivity index (χ0) is 39.2. The Labute approximate surface area is 271 Å². The Morgan fingerprint density at radius 2 is 0.729 bits per heavy atom. The van der Waals surface area contributed by atoms with Gasteiger partial charge in [-0.15, -0.1) is 0 Å². The van der Waals surface area contributed by atoms with Crippen molar-refractivity contribution in [2.24, 2.45) is 11.8 Å². The van der Waals surface area contributed by atoms with Gasteiger partial charge < -0.3 is 0 Å². The van der Waals surface area contributed by atoms with Crippen molar-refractivity contribution >= 4 is 34.4 Å². The van der Waals surface area contributed by atoms with Gasteiger partial charge >= 0.3 is 37.1 Å². The number of halogens is 25. The SMILES string of the molecule is FC(F)(CCI)CC(CC(F)(C(F)(F)F)C(F)(F)F)C(F)(F)F.N#CSCCC(F)(F)CC(CC(F)(C(F)(F)F)C(F)(F)F)C(F)(F)F. The summed E-state index contributed by atoms with van der Waals surface area (Å²) in [6.07, 6.45) is -52.7. The van der Waals surface area contributed by atoms with Crippen molar-refractivity contribution in [1.29, 1.82) is 5.26 Å². The Balaban J connectivity index is 0. The minimum atomic E-state index is -6.78. The largest absolute Gasteiger partial charge is 0.431 e. The van der Waals surface area contributed by atoms with Gasteiger partial charge in [0.2, 0.25) is 11.8 Å². The van der Waals surface area contributed by atoms with Gasteiger partial charge in [-0.1, -0.05) is 22.6 Å². The first-order valence-corrected chi connectivity index (χ1v) is 14.4. The Morgan fingerprint density at radius 3 is 0.938 bits per heavy atom. The van der Waals surface area contributed by atoms with Crippen LogP contribution >= 0.6 is 34.4 Å². The lowest BCUT2D eigenvalue weighted by molar-refractivity contribution is -0.354. The Bertz CT molecular complexity index is 986. The van der Waals surface area contributed by atoms with Crippen molar-refractivity contribution in [3.63, 3.8) is 0 Å². The lowest BCUT2D eigenvalue weighted by Crippen LogP contribution is -2.55. The summed E-state index contributed by atoms with van der Waals surface area (Å²) in [6, 6.07) is 0. The van der Waals surface area contributed by atoms with E-state index >= 15 is 0 Å². The molecular formula is C21H18F24INS. The fraction of sp³-hybridized carbons (Fsp3) is 0.952. The highest BCUT2D eigenvalue weighted by molar-refractivity contribution is 14.1. The van der Waals surface area contributed by atoms with Gasteiger partial charge in [0.05, 0.1) is 11.8 Å². The number of thiocyanates is 1. The molecule has 0 amide bonds. The van der Waals surface area contributed by atoms with E-state index in [2.05, 4.69) is 0 Å². The molecule has 0 aliphatic rings. The standard InChI is InChI=1S/C11H9F12NS.C10H9F12I/c12-7(13,1-2-25-5-24)3-6(9(15,16)17)4-8(14,10(18,19)20)11(21,22)23;11-6(12,1-2-23)3-5(8(14,15)16)4-7(13,9(17,18)19)10(20,21)22/h6H,1-4H2;5H,1-4H2. The van der Waals surface area contributed by atoms with Gasteiger partial charge in [0.1, 0.15) is 5.40 Å². The topological polar surface area (TPSA) is 23.8 Å². The maximum absolute atomic E-state index is 13.4. The second-order valence-electron chi connectivity index (χ2n) is 9.73. The van der Waals surface area contributed by atoms with E-state index in [4.69, 9.17) is 5.26 Å². The summed E-state index contributed by atoms with van der Waals surface area (Å²) < 4.78 is 303. The highest BCUT2D eigenvalue weighted by atomic mass is 127. The van der Waals surface area contributed by atoms with Crippen LogP contribution in [-0.4, -0.2) is 70.4 Å². The third kappa shape index (κ3) is 14.6. The lowest BCUT2D eigenvalue weighted by atomic mass is 9.86. The second kappa shape index (κ2) is 16.5. The molecule has 0 aromatic rings. The minimum absolute atomic E-state index is 0.201. The Morgan fingerprint density at radius 1 is 0.458 bits per heavy atom. The van der Waals surface area contributed by atoms with Crippen LogP contribution in [0.5, 0.6) is 0 Å². The van der Waals surface area contributed by atoms with Crippen LogP contribution in [0.2, 0.25) is 0 Å². The van der Waals surface area contributed by atoms with Crippen LogP contribution in [0.4, 0.5) is 105 Å². The van der Waals surface area contributed by atoms with Gasteiger partial charge in [-0.05, 0) is 11.8 Å². The summed E-state index contributed by atoms with van der Waals surface area (Å²) in [4.78, 5) is 0. The fourth-order valence-electron chi connectivity index (χ4n) is 3.38. The number of alkyl halides is 25. The van der Waals surface area contributed by atoms with Crippen LogP contribution in [-0.2, 0) is 0 Å². The van der Waals surface area contributed by atoms with Crippen molar-refractivity contribution < 1.29 is 105 Å². The number of hydrogen-bond acceptors (Lipinski definition) is 2. The van der Waals surface area contributed by atoms with Crippen LogP contribution in [0.3, 0.4) is 0 Å². The summed E-state index contributed by atoms with van der Waals surface area (Å²) in [7, 11) is 0. The van der Waals surface area contributed by atoms with Gasteiger partial charge in [0, 0.05) is 48.7 Å². The van der Waals surface area contributed by atoms with Gasteiger partial charge in [-0.25, -0.2) is 26.3 Å². The van der Waals surface area contributed by atoms with Crippen molar-refractivity contribution in [3.05, 3.63) is 0 Å². The molecule has 0 rings (SSSR count). The van der Waals surface area contributed by atoms with E-state index in [0.717, 1.165) is 0 Å². The van der Waals surface area contributed by atoms with E-state index in [1.807, 2.05) is 0 Å². The quantitative estimate of drug-likeness (QED) is 0.0605. The van der Waals surface area contributed by atoms with Gasteiger partial charge in [-0.3, -0.25) is 0 Å². The van der Waals surface area contributed by atoms with Crippen LogP contribution in [0.1, 0.15) is 38.5 Å². The maximum Gasteiger partial charge on any atom is 0.431 e. The highest BCUT2D eigenvalue weighted by Gasteiger charge is 2.75. The predicted molar refractivity (Wildman–Crippen MR) is 126 cm³/mol. The lowest BCUT2D eigenvalue weighted by Gasteiger charge is -2.34. The van der Waals surface area contributed by atoms with E-state index in [0.29, 0.717) is 0 Å². The average Bonchev–Trinajstić information content (AvgIpc) is 2.79. The zero-order valence-corrected chi connectivity index (χ0v) is 25.6. The third-order valence-corrected chi connectivity index (χ3v) is 7.04. The molecule has 48 heavy (non-hydrogen) atoms. The molecular weight excluding hydrogens is 881 g/mol. The molecule has 27 heteroatoms. The number of nitriles is 1. The van der Waals surface area contributed by atoms with E-state index < -0.39 is 121 Å². The van der Waals surface area contributed by atoms with Gasteiger partial charge in [-0.2, -0.15) is 84.3 Å². The predicted octanol–water partition coefficient (Wildman–Crippen LogP) is 12.3. The molecule has 0 aromatic heterocycles. The number of nitrogens with zero attached hydrogens (tertiary/aromatic N) is 1. The van der Waals surface area contributed by atoms with Gasteiger partial charge in [0.15, 0.2) is 0 Å². The maximum atomic E-state index is 13.4. The molecule has 0 aliphatic heterocycles. The first-order valence-electron chi connectivity index (χ1n) is 11.9. The molecule has 2 atom stereocenters. The van der Waals surface area contributed by atoms with Crippen molar-refractivity contribution in [1.82, 2.24) is 0 Å². The molecule has 0 saturated heterocycles. The normalized spacial score (nSPS) is 16.2. The first-order chi connectivity index (χ1) is 20.7. The van der Waals surface area contributed by atoms with Crippen LogP contribution in [0.15, 0.2) is 0 Å². The second-order valence-corrected chi connectivity index (χ2v) is 11.7. The summed E-state index contributed by atoms with van der Waals surface area (Å²) in [5.41, 5.74) is -12.5. The zero-order valence-electron chi connectivity index (χ0n) is 22.6. The molecule has 0 N–H and O–H groups in total. The van der Waals surface area contributed by atoms with Crippen LogP contribution < -0.4 is 0 Å². The minimum Gasteiger partial charge on any atom is -0.224 e. The van der Waals surface area contributed by atoms with E-state index in [-0.39, 0.29) is 11.8 Å².